The van der Waals surface area contributed by atoms with Gasteiger partial charge in [-0.3, -0.25) is 4.79 Å². The van der Waals surface area contributed by atoms with E-state index in [1.54, 1.807) is 6.92 Å². The number of amides is 1. The molecule has 2 aromatic heterocycles. The molecule has 2 aliphatic rings. The van der Waals surface area contributed by atoms with Crippen LogP contribution in [-0.2, 0) is 11.2 Å². The summed E-state index contributed by atoms with van der Waals surface area (Å²) in [6.07, 6.45) is -0.000433. The quantitative estimate of drug-likeness (QED) is 0.668. The van der Waals surface area contributed by atoms with Crippen molar-refractivity contribution >= 4 is 11.6 Å². The monoisotopic (exact) mass is 436 g/mol. The third-order valence-electron chi connectivity index (χ3n) is 7.18. The van der Waals surface area contributed by atoms with Crippen molar-refractivity contribution in [1.29, 1.82) is 0 Å². The van der Waals surface area contributed by atoms with E-state index in [9.17, 15) is 18.0 Å². The molecule has 1 amide bonds. The lowest BCUT2D eigenvalue weighted by atomic mass is 9.80. The number of fused-ring (bicyclic) bond motifs is 1. The summed E-state index contributed by atoms with van der Waals surface area (Å²) in [5, 5.41) is 4.89. The van der Waals surface area contributed by atoms with E-state index in [4.69, 9.17) is 10.1 Å². The first-order chi connectivity index (χ1) is 14.7. The first-order valence-electron chi connectivity index (χ1n) is 11.4. The fraction of sp³-hybridized carbons (Fsp3) is 0.696. The number of aromatic nitrogens is 3. The van der Waals surface area contributed by atoms with Crippen LogP contribution in [0, 0.1) is 12.8 Å². The van der Waals surface area contributed by atoms with E-state index in [1.165, 1.54) is 5.56 Å². The molecule has 170 valence electrons. The smallest absolute Gasteiger partial charge is 0.342 e. The molecule has 5 nitrogen and oxygen atoms in total. The number of carbonyl (C=O) groups is 1. The molecular formula is C23H31F3N4O. The number of likely N-dealkylation sites (tertiary alicyclic amines) is 1. The first-order valence-corrected chi connectivity index (χ1v) is 11.4. The predicted octanol–water partition coefficient (Wildman–Crippen LogP) is 5.16. The number of hydrogen-bond acceptors (Lipinski definition) is 3. The van der Waals surface area contributed by atoms with Gasteiger partial charge in [-0.2, -0.15) is 18.3 Å². The number of carbonyl (C=O) groups excluding carboxylic acids is 1. The molecule has 31 heavy (non-hydrogen) atoms. The number of nitrogens with zero attached hydrogens (tertiary/aromatic N) is 4. The highest BCUT2D eigenvalue weighted by molar-refractivity contribution is 5.73. The summed E-state index contributed by atoms with van der Waals surface area (Å²) in [4.78, 5) is 18.6. The van der Waals surface area contributed by atoms with Crippen LogP contribution in [0.15, 0.2) is 6.07 Å². The minimum absolute atomic E-state index is 0.0404. The van der Waals surface area contributed by atoms with Crippen LogP contribution in [0.25, 0.3) is 5.65 Å². The summed E-state index contributed by atoms with van der Waals surface area (Å²) in [7, 11) is 0. The van der Waals surface area contributed by atoms with Gasteiger partial charge in [-0.1, -0.05) is 6.92 Å². The Bertz CT molecular complexity index is 960. The number of halogens is 3. The third-order valence-corrected chi connectivity index (χ3v) is 7.18. The van der Waals surface area contributed by atoms with Crippen molar-refractivity contribution < 1.29 is 18.0 Å². The van der Waals surface area contributed by atoms with Gasteiger partial charge in [-0.25, -0.2) is 9.50 Å². The highest BCUT2D eigenvalue weighted by atomic mass is 19.4. The van der Waals surface area contributed by atoms with Crippen LogP contribution in [0.1, 0.15) is 86.9 Å². The third kappa shape index (κ3) is 4.30. The lowest BCUT2D eigenvalue weighted by Gasteiger charge is -2.33. The van der Waals surface area contributed by atoms with Gasteiger partial charge in [0.1, 0.15) is 0 Å². The molecule has 1 saturated carbocycles. The summed E-state index contributed by atoms with van der Waals surface area (Å²) in [5.41, 5.74) is 4.86. The Kier molecular flexibility index (Phi) is 6.01. The number of rotatable bonds is 3. The highest BCUT2D eigenvalue weighted by Gasteiger charge is 2.42. The van der Waals surface area contributed by atoms with Gasteiger partial charge in [0.2, 0.25) is 5.91 Å². The highest BCUT2D eigenvalue weighted by Crippen LogP contribution is 2.43. The number of aryl methyl sites for hydroxylation is 1. The zero-order valence-corrected chi connectivity index (χ0v) is 18.5. The molecule has 0 bridgehead atoms. The molecule has 0 aromatic carbocycles. The second kappa shape index (κ2) is 8.43. The van der Waals surface area contributed by atoms with Crippen LogP contribution in [0.4, 0.5) is 13.2 Å². The van der Waals surface area contributed by atoms with Gasteiger partial charge >= 0.3 is 6.18 Å². The maximum atomic E-state index is 13.1. The Hall–Kier alpha value is -2.12. The van der Waals surface area contributed by atoms with Gasteiger partial charge in [0.15, 0.2) is 5.65 Å². The normalized spacial score (nSPS) is 25.2. The Labute approximate surface area is 181 Å². The second-order valence-corrected chi connectivity index (χ2v) is 9.15. The van der Waals surface area contributed by atoms with E-state index in [0.717, 1.165) is 48.5 Å². The van der Waals surface area contributed by atoms with E-state index >= 15 is 0 Å². The molecule has 2 fully saturated rings. The van der Waals surface area contributed by atoms with Crippen molar-refractivity contribution in [1.82, 2.24) is 19.5 Å². The average Bonchev–Trinajstić information content (AvgIpc) is 3.15. The molecule has 8 heteroatoms. The molecular weight excluding hydrogens is 405 g/mol. The molecule has 0 spiro atoms. The molecule has 3 heterocycles. The first kappa shape index (κ1) is 22.1. The summed E-state index contributed by atoms with van der Waals surface area (Å²) in [6, 6.07) is 1.96. The summed E-state index contributed by atoms with van der Waals surface area (Å²) in [5.74, 6) is -0.875. The summed E-state index contributed by atoms with van der Waals surface area (Å²) < 4.78 is 41.1. The number of hydrogen-bond donors (Lipinski definition) is 0. The van der Waals surface area contributed by atoms with Gasteiger partial charge in [-0.15, -0.1) is 0 Å². The minimum Gasteiger partial charge on any atom is -0.342 e. The fourth-order valence-corrected chi connectivity index (χ4v) is 5.46. The molecule has 2 aromatic rings. The van der Waals surface area contributed by atoms with Gasteiger partial charge in [0.25, 0.3) is 0 Å². The van der Waals surface area contributed by atoms with Crippen LogP contribution in [0.5, 0.6) is 0 Å². The number of piperidine rings is 1. The Morgan fingerprint density at radius 1 is 1.16 bits per heavy atom. The van der Waals surface area contributed by atoms with Gasteiger partial charge < -0.3 is 4.90 Å². The van der Waals surface area contributed by atoms with Crippen molar-refractivity contribution in [3.8, 4) is 0 Å². The molecule has 4 rings (SSSR count). The van der Waals surface area contributed by atoms with Crippen LogP contribution in [-0.4, -0.2) is 44.7 Å². The van der Waals surface area contributed by atoms with Crippen LogP contribution in [0.2, 0.25) is 0 Å². The van der Waals surface area contributed by atoms with Gasteiger partial charge in [0, 0.05) is 43.6 Å². The van der Waals surface area contributed by atoms with Crippen LogP contribution in [0.3, 0.4) is 0 Å². The molecule has 0 unspecified atom stereocenters. The van der Waals surface area contributed by atoms with E-state index in [-0.39, 0.29) is 30.6 Å². The van der Waals surface area contributed by atoms with Crippen molar-refractivity contribution in [2.75, 3.05) is 13.1 Å². The van der Waals surface area contributed by atoms with Crippen molar-refractivity contribution in [3.05, 3.63) is 28.7 Å². The second-order valence-electron chi connectivity index (χ2n) is 9.15. The zero-order chi connectivity index (χ0) is 22.3. The Balaban J connectivity index is 1.68. The maximum absolute atomic E-state index is 13.1. The maximum Gasteiger partial charge on any atom is 0.391 e. The largest absolute Gasteiger partial charge is 0.391 e. The molecule has 1 aliphatic heterocycles. The van der Waals surface area contributed by atoms with Gasteiger partial charge in [-0.05, 0) is 57.4 Å². The summed E-state index contributed by atoms with van der Waals surface area (Å²) in [6.45, 7) is 7.18. The predicted molar refractivity (Wildman–Crippen MR) is 112 cm³/mol. The lowest BCUT2D eigenvalue weighted by Crippen LogP contribution is -2.38. The molecule has 1 aliphatic carbocycles. The standard InChI is InChI=1S/C23H31F3N4O/c1-4-19-14(2)27-21-12-20(16-7-9-18(10-8-16)23(24,25)26)28-30(21)22(19)17-6-5-11-29(13-17)15(3)31/h12,16-18H,4-11,13H2,1-3H3/t16?,17-,18?/m0/s1. The minimum atomic E-state index is -4.10. The molecule has 0 N–H and O–H groups in total. The zero-order valence-electron chi connectivity index (χ0n) is 18.5. The Morgan fingerprint density at radius 2 is 1.87 bits per heavy atom. The fourth-order valence-electron chi connectivity index (χ4n) is 5.46. The number of alkyl halides is 3. The topological polar surface area (TPSA) is 50.5 Å². The molecule has 1 atom stereocenters. The lowest BCUT2D eigenvalue weighted by molar-refractivity contribution is -0.182. The van der Waals surface area contributed by atoms with E-state index in [1.807, 2.05) is 22.4 Å². The van der Waals surface area contributed by atoms with E-state index in [2.05, 4.69) is 6.92 Å². The SMILES string of the molecule is CCc1c(C)nc2cc(C3CCC(C(F)(F)F)CC3)nn2c1[C@H]1CCCN(C(C)=O)C1. The van der Waals surface area contributed by atoms with Crippen molar-refractivity contribution in [3.63, 3.8) is 0 Å². The Morgan fingerprint density at radius 3 is 2.48 bits per heavy atom. The average molecular weight is 437 g/mol. The van der Waals surface area contributed by atoms with Crippen LogP contribution >= 0.6 is 0 Å². The van der Waals surface area contributed by atoms with Crippen molar-refractivity contribution in [2.45, 2.75) is 83.7 Å². The van der Waals surface area contributed by atoms with E-state index in [0.29, 0.717) is 19.4 Å². The van der Waals surface area contributed by atoms with Crippen LogP contribution < -0.4 is 0 Å². The molecule has 1 saturated heterocycles. The molecule has 0 radical (unpaired) electrons. The van der Waals surface area contributed by atoms with E-state index < -0.39 is 12.1 Å². The van der Waals surface area contributed by atoms with Crippen molar-refractivity contribution in [2.24, 2.45) is 5.92 Å². The van der Waals surface area contributed by atoms with Gasteiger partial charge in [0.05, 0.1) is 17.3 Å². The summed E-state index contributed by atoms with van der Waals surface area (Å²) >= 11 is 0.